The van der Waals surface area contributed by atoms with Crippen molar-refractivity contribution < 1.29 is 0 Å². The van der Waals surface area contributed by atoms with Gasteiger partial charge in [0.25, 0.3) is 0 Å². The Labute approximate surface area is 103 Å². The van der Waals surface area contributed by atoms with Crippen LogP contribution in [-0.4, -0.2) is 38.1 Å². The second kappa shape index (κ2) is 4.64. The maximum absolute atomic E-state index is 6.35. The normalized spacial score (nSPS) is 17.9. The number of aryl methyl sites for hydroxylation is 2. The molecule has 0 atom stereocenters. The predicted octanol–water partition coefficient (Wildman–Crippen LogP) is 2.71. The Balaban J connectivity index is 2.26. The third-order valence-electron chi connectivity index (χ3n) is 3.22. The minimum absolute atomic E-state index is 0.891. The molecule has 88 valence electrons. The van der Waals surface area contributed by atoms with Crippen LogP contribution in [-0.2, 0) is 0 Å². The van der Waals surface area contributed by atoms with Gasteiger partial charge in [-0.3, -0.25) is 0 Å². The number of halogens is 1. The third kappa shape index (κ3) is 2.33. The molecule has 16 heavy (non-hydrogen) atoms. The van der Waals surface area contributed by atoms with Crippen LogP contribution in [0.25, 0.3) is 0 Å². The maximum atomic E-state index is 6.35. The van der Waals surface area contributed by atoms with E-state index in [1.165, 1.54) is 16.8 Å². The van der Waals surface area contributed by atoms with Crippen LogP contribution in [0.5, 0.6) is 0 Å². The number of piperazine rings is 1. The van der Waals surface area contributed by atoms with E-state index in [9.17, 15) is 0 Å². The standard InChI is InChI=1S/C13H19ClN2/c1-10-8-11(2)13(12(14)9-10)16-6-4-15(3)5-7-16/h8-9H,4-7H2,1-3H3. The van der Waals surface area contributed by atoms with Crippen LogP contribution in [0.2, 0.25) is 5.02 Å². The van der Waals surface area contributed by atoms with Gasteiger partial charge in [-0.2, -0.15) is 0 Å². The Morgan fingerprint density at radius 1 is 1.06 bits per heavy atom. The first-order valence-corrected chi connectivity index (χ1v) is 6.16. The second-order valence-corrected chi connectivity index (χ2v) is 5.11. The fourth-order valence-electron chi connectivity index (χ4n) is 2.34. The molecule has 1 heterocycles. The van der Waals surface area contributed by atoms with Crippen molar-refractivity contribution in [1.29, 1.82) is 0 Å². The van der Waals surface area contributed by atoms with Crippen molar-refractivity contribution in [3.05, 3.63) is 28.3 Å². The molecule has 0 aliphatic carbocycles. The number of benzene rings is 1. The fourth-order valence-corrected chi connectivity index (χ4v) is 2.78. The summed E-state index contributed by atoms with van der Waals surface area (Å²) in [6, 6.07) is 4.27. The number of likely N-dealkylation sites (N-methyl/N-ethyl adjacent to an activating group) is 1. The first-order valence-electron chi connectivity index (χ1n) is 5.78. The van der Waals surface area contributed by atoms with Gasteiger partial charge < -0.3 is 9.80 Å². The SMILES string of the molecule is Cc1cc(C)c(N2CCN(C)CC2)c(Cl)c1. The Morgan fingerprint density at radius 2 is 1.69 bits per heavy atom. The van der Waals surface area contributed by atoms with Gasteiger partial charge in [0.2, 0.25) is 0 Å². The van der Waals surface area contributed by atoms with Gasteiger partial charge in [0, 0.05) is 26.2 Å². The molecule has 3 heteroatoms. The van der Waals surface area contributed by atoms with Gasteiger partial charge >= 0.3 is 0 Å². The van der Waals surface area contributed by atoms with Gasteiger partial charge in [-0.1, -0.05) is 17.7 Å². The van der Waals surface area contributed by atoms with Crippen LogP contribution in [0.1, 0.15) is 11.1 Å². The molecular weight excluding hydrogens is 220 g/mol. The van der Waals surface area contributed by atoms with Crippen molar-refractivity contribution in [2.45, 2.75) is 13.8 Å². The highest BCUT2D eigenvalue weighted by Gasteiger charge is 2.18. The number of anilines is 1. The average Bonchev–Trinajstić information content (AvgIpc) is 2.19. The van der Waals surface area contributed by atoms with E-state index in [0.29, 0.717) is 0 Å². The first-order chi connectivity index (χ1) is 7.58. The van der Waals surface area contributed by atoms with Gasteiger partial charge in [0.1, 0.15) is 0 Å². The Hall–Kier alpha value is -0.730. The van der Waals surface area contributed by atoms with E-state index in [1.807, 2.05) is 0 Å². The molecule has 2 nitrogen and oxygen atoms in total. The third-order valence-corrected chi connectivity index (χ3v) is 3.51. The summed E-state index contributed by atoms with van der Waals surface area (Å²) in [4.78, 5) is 4.75. The molecule has 0 aromatic heterocycles. The minimum Gasteiger partial charge on any atom is -0.368 e. The summed E-state index contributed by atoms with van der Waals surface area (Å²) in [5, 5.41) is 0.891. The van der Waals surface area contributed by atoms with Crippen LogP contribution in [0.4, 0.5) is 5.69 Å². The molecule has 0 N–H and O–H groups in total. The molecule has 1 aliphatic heterocycles. The molecule has 0 unspecified atom stereocenters. The quantitative estimate of drug-likeness (QED) is 0.743. The Bertz CT molecular complexity index is 359. The topological polar surface area (TPSA) is 6.48 Å². The molecule has 0 saturated carbocycles. The monoisotopic (exact) mass is 238 g/mol. The zero-order valence-electron chi connectivity index (χ0n) is 10.3. The van der Waals surface area contributed by atoms with Crippen LogP contribution >= 0.6 is 11.6 Å². The summed E-state index contributed by atoms with van der Waals surface area (Å²) < 4.78 is 0. The number of hydrogen-bond acceptors (Lipinski definition) is 2. The number of nitrogens with zero attached hydrogens (tertiary/aromatic N) is 2. The molecule has 0 amide bonds. The van der Waals surface area contributed by atoms with Crippen LogP contribution in [0, 0.1) is 13.8 Å². The number of rotatable bonds is 1. The van der Waals surface area contributed by atoms with Crippen LogP contribution in [0.3, 0.4) is 0 Å². The lowest BCUT2D eigenvalue weighted by Crippen LogP contribution is -2.44. The van der Waals surface area contributed by atoms with E-state index in [4.69, 9.17) is 11.6 Å². The highest BCUT2D eigenvalue weighted by Crippen LogP contribution is 2.31. The smallest absolute Gasteiger partial charge is 0.0644 e. The molecule has 0 spiro atoms. The second-order valence-electron chi connectivity index (χ2n) is 4.70. The van der Waals surface area contributed by atoms with E-state index >= 15 is 0 Å². The van der Waals surface area contributed by atoms with Crippen molar-refractivity contribution in [3.8, 4) is 0 Å². The van der Waals surface area contributed by atoms with Gasteiger partial charge in [-0.05, 0) is 38.1 Å². The zero-order valence-corrected chi connectivity index (χ0v) is 11.0. The van der Waals surface area contributed by atoms with E-state index in [-0.39, 0.29) is 0 Å². The Morgan fingerprint density at radius 3 is 2.25 bits per heavy atom. The molecule has 0 radical (unpaired) electrons. The van der Waals surface area contributed by atoms with E-state index < -0.39 is 0 Å². The summed E-state index contributed by atoms with van der Waals surface area (Å²) in [5.74, 6) is 0. The summed E-state index contributed by atoms with van der Waals surface area (Å²) in [7, 11) is 2.17. The molecular formula is C13H19ClN2. The first kappa shape index (κ1) is 11.7. The summed E-state index contributed by atoms with van der Waals surface area (Å²) >= 11 is 6.35. The van der Waals surface area contributed by atoms with Gasteiger partial charge in [-0.25, -0.2) is 0 Å². The molecule has 1 aromatic carbocycles. The van der Waals surface area contributed by atoms with E-state index in [1.54, 1.807) is 0 Å². The van der Waals surface area contributed by atoms with Crippen molar-refractivity contribution in [2.24, 2.45) is 0 Å². The average molecular weight is 239 g/mol. The largest absolute Gasteiger partial charge is 0.368 e. The van der Waals surface area contributed by atoms with Crippen LogP contribution < -0.4 is 4.90 Å². The highest BCUT2D eigenvalue weighted by atomic mass is 35.5. The number of hydrogen-bond donors (Lipinski definition) is 0. The van der Waals surface area contributed by atoms with Gasteiger partial charge in [0.05, 0.1) is 10.7 Å². The maximum Gasteiger partial charge on any atom is 0.0644 e. The van der Waals surface area contributed by atoms with E-state index in [2.05, 4.69) is 42.8 Å². The van der Waals surface area contributed by atoms with Crippen molar-refractivity contribution in [1.82, 2.24) is 4.90 Å². The zero-order chi connectivity index (χ0) is 11.7. The molecule has 1 aromatic rings. The van der Waals surface area contributed by atoms with Gasteiger partial charge in [0.15, 0.2) is 0 Å². The van der Waals surface area contributed by atoms with Crippen molar-refractivity contribution >= 4 is 17.3 Å². The van der Waals surface area contributed by atoms with Gasteiger partial charge in [-0.15, -0.1) is 0 Å². The summed E-state index contributed by atoms with van der Waals surface area (Å²) in [6.07, 6.45) is 0. The minimum atomic E-state index is 0.891. The lowest BCUT2D eigenvalue weighted by atomic mass is 10.1. The fraction of sp³-hybridized carbons (Fsp3) is 0.538. The molecule has 1 aliphatic rings. The molecule has 0 bridgehead atoms. The summed E-state index contributed by atoms with van der Waals surface area (Å²) in [5.41, 5.74) is 3.75. The molecule has 1 fully saturated rings. The highest BCUT2D eigenvalue weighted by molar-refractivity contribution is 6.33. The Kier molecular flexibility index (Phi) is 3.41. The van der Waals surface area contributed by atoms with Crippen LogP contribution in [0.15, 0.2) is 12.1 Å². The predicted molar refractivity (Wildman–Crippen MR) is 70.6 cm³/mol. The van der Waals surface area contributed by atoms with E-state index in [0.717, 1.165) is 31.2 Å². The lowest BCUT2D eigenvalue weighted by molar-refractivity contribution is 0.312. The molecule has 2 rings (SSSR count). The van der Waals surface area contributed by atoms with Crippen molar-refractivity contribution in [2.75, 3.05) is 38.1 Å². The van der Waals surface area contributed by atoms with Crippen molar-refractivity contribution in [3.63, 3.8) is 0 Å². The lowest BCUT2D eigenvalue weighted by Gasteiger charge is -2.35. The summed E-state index contributed by atoms with van der Waals surface area (Å²) in [6.45, 7) is 8.60. The molecule has 1 saturated heterocycles.